The molecule has 3 aromatic rings. The van der Waals surface area contributed by atoms with Gasteiger partial charge >= 0.3 is 0 Å². The monoisotopic (exact) mass is 305 g/mol. The molecule has 0 aliphatic rings. The van der Waals surface area contributed by atoms with Gasteiger partial charge in [0.25, 0.3) is 0 Å². The predicted molar refractivity (Wildman–Crippen MR) is 89.3 cm³/mol. The topological polar surface area (TPSA) is 79.8 Å². The SMILES string of the molecule is CC(=O)Nc1cccc(Nc2nccc(-c3ccncc3)n2)c1. The first-order valence-corrected chi connectivity index (χ1v) is 7.09. The molecular weight excluding hydrogens is 290 g/mol. The second kappa shape index (κ2) is 6.65. The van der Waals surface area contributed by atoms with Crippen LogP contribution in [0, 0.1) is 0 Å². The van der Waals surface area contributed by atoms with Crippen molar-refractivity contribution < 1.29 is 4.79 Å². The molecule has 0 fully saturated rings. The van der Waals surface area contributed by atoms with Crippen LogP contribution in [0.3, 0.4) is 0 Å². The van der Waals surface area contributed by atoms with Crippen molar-refractivity contribution >= 4 is 23.2 Å². The lowest BCUT2D eigenvalue weighted by Gasteiger charge is -2.08. The maximum Gasteiger partial charge on any atom is 0.227 e. The van der Waals surface area contributed by atoms with Crippen LogP contribution in [-0.4, -0.2) is 20.9 Å². The number of carbonyl (C=O) groups excluding carboxylic acids is 1. The van der Waals surface area contributed by atoms with E-state index in [1.165, 1.54) is 6.92 Å². The Balaban J connectivity index is 1.82. The number of nitrogens with zero attached hydrogens (tertiary/aromatic N) is 3. The summed E-state index contributed by atoms with van der Waals surface area (Å²) in [7, 11) is 0. The zero-order valence-corrected chi connectivity index (χ0v) is 12.5. The van der Waals surface area contributed by atoms with Gasteiger partial charge in [-0.05, 0) is 36.4 Å². The minimum atomic E-state index is -0.113. The third-order valence-corrected chi connectivity index (χ3v) is 3.07. The third kappa shape index (κ3) is 3.88. The van der Waals surface area contributed by atoms with Crippen LogP contribution in [0.15, 0.2) is 61.1 Å². The predicted octanol–water partition coefficient (Wildman–Crippen LogP) is 3.24. The molecule has 3 rings (SSSR count). The largest absolute Gasteiger partial charge is 0.326 e. The van der Waals surface area contributed by atoms with E-state index in [1.54, 1.807) is 18.6 Å². The lowest BCUT2D eigenvalue weighted by molar-refractivity contribution is -0.114. The van der Waals surface area contributed by atoms with E-state index in [-0.39, 0.29) is 5.91 Å². The van der Waals surface area contributed by atoms with Crippen molar-refractivity contribution in [1.82, 2.24) is 15.0 Å². The van der Waals surface area contributed by atoms with Gasteiger partial charge in [0.15, 0.2) is 0 Å². The molecule has 0 bridgehead atoms. The van der Waals surface area contributed by atoms with E-state index in [0.717, 1.165) is 16.9 Å². The van der Waals surface area contributed by atoms with Crippen LogP contribution < -0.4 is 10.6 Å². The van der Waals surface area contributed by atoms with E-state index < -0.39 is 0 Å². The molecule has 0 unspecified atom stereocenters. The Morgan fingerprint density at radius 2 is 1.78 bits per heavy atom. The Bertz CT molecular complexity index is 820. The van der Waals surface area contributed by atoms with Crippen molar-refractivity contribution in [1.29, 1.82) is 0 Å². The second-order valence-corrected chi connectivity index (χ2v) is 4.89. The van der Waals surface area contributed by atoms with Crippen LogP contribution >= 0.6 is 0 Å². The highest BCUT2D eigenvalue weighted by molar-refractivity contribution is 5.89. The van der Waals surface area contributed by atoms with Crippen molar-refractivity contribution in [2.24, 2.45) is 0 Å². The minimum absolute atomic E-state index is 0.113. The van der Waals surface area contributed by atoms with Gasteiger partial charge in [0, 0.05) is 42.5 Å². The Labute approximate surface area is 133 Å². The summed E-state index contributed by atoms with van der Waals surface area (Å²) in [5, 5.41) is 5.88. The highest BCUT2D eigenvalue weighted by Crippen LogP contribution is 2.20. The molecule has 1 aromatic carbocycles. The molecule has 0 aliphatic heterocycles. The summed E-state index contributed by atoms with van der Waals surface area (Å²) < 4.78 is 0. The van der Waals surface area contributed by atoms with Crippen LogP contribution in [-0.2, 0) is 4.79 Å². The van der Waals surface area contributed by atoms with Gasteiger partial charge in [0.2, 0.25) is 11.9 Å². The van der Waals surface area contributed by atoms with Gasteiger partial charge in [-0.1, -0.05) is 6.07 Å². The van der Waals surface area contributed by atoms with Gasteiger partial charge in [-0.25, -0.2) is 9.97 Å². The van der Waals surface area contributed by atoms with Crippen LogP contribution in [0.4, 0.5) is 17.3 Å². The molecule has 114 valence electrons. The van der Waals surface area contributed by atoms with E-state index in [9.17, 15) is 4.79 Å². The Morgan fingerprint density at radius 3 is 2.57 bits per heavy atom. The summed E-state index contributed by atoms with van der Waals surface area (Å²) in [4.78, 5) is 23.8. The van der Waals surface area contributed by atoms with Crippen molar-refractivity contribution in [3.05, 3.63) is 61.1 Å². The van der Waals surface area contributed by atoms with Gasteiger partial charge in [-0.2, -0.15) is 0 Å². The van der Waals surface area contributed by atoms with Crippen LogP contribution in [0.1, 0.15) is 6.92 Å². The highest BCUT2D eigenvalue weighted by atomic mass is 16.1. The molecule has 2 aromatic heterocycles. The summed E-state index contributed by atoms with van der Waals surface area (Å²) >= 11 is 0. The van der Waals surface area contributed by atoms with Gasteiger partial charge < -0.3 is 10.6 Å². The number of anilines is 3. The molecule has 0 radical (unpaired) electrons. The molecule has 0 saturated heterocycles. The quantitative estimate of drug-likeness (QED) is 0.773. The number of hydrogen-bond donors (Lipinski definition) is 2. The number of benzene rings is 1. The highest BCUT2D eigenvalue weighted by Gasteiger charge is 2.03. The number of nitrogens with one attached hydrogen (secondary N) is 2. The number of pyridine rings is 1. The normalized spacial score (nSPS) is 10.1. The lowest BCUT2D eigenvalue weighted by atomic mass is 10.2. The number of amides is 1. The summed E-state index contributed by atoms with van der Waals surface area (Å²) in [5.74, 6) is 0.373. The van der Waals surface area contributed by atoms with Gasteiger partial charge in [-0.3, -0.25) is 9.78 Å². The van der Waals surface area contributed by atoms with E-state index >= 15 is 0 Å². The van der Waals surface area contributed by atoms with Gasteiger partial charge in [-0.15, -0.1) is 0 Å². The molecule has 0 atom stereocenters. The van der Waals surface area contributed by atoms with E-state index in [2.05, 4.69) is 25.6 Å². The fraction of sp³-hybridized carbons (Fsp3) is 0.0588. The van der Waals surface area contributed by atoms with Crippen molar-refractivity contribution in [3.8, 4) is 11.3 Å². The lowest BCUT2D eigenvalue weighted by Crippen LogP contribution is -2.06. The maximum atomic E-state index is 11.1. The molecule has 0 saturated carbocycles. The fourth-order valence-corrected chi connectivity index (χ4v) is 2.11. The number of hydrogen-bond acceptors (Lipinski definition) is 5. The van der Waals surface area contributed by atoms with Gasteiger partial charge in [0.05, 0.1) is 5.69 Å². The smallest absolute Gasteiger partial charge is 0.227 e. The average Bonchev–Trinajstić information content (AvgIpc) is 2.56. The number of aromatic nitrogens is 3. The first-order chi connectivity index (χ1) is 11.2. The standard InChI is InChI=1S/C17H15N5O/c1-12(23)20-14-3-2-4-15(11-14)21-17-19-10-7-16(22-17)13-5-8-18-9-6-13/h2-11H,1H3,(H,20,23)(H,19,21,22). The minimum Gasteiger partial charge on any atom is -0.326 e. The van der Waals surface area contributed by atoms with E-state index in [1.807, 2.05) is 42.5 Å². The zero-order chi connectivity index (χ0) is 16.1. The number of rotatable bonds is 4. The molecule has 0 spiro atoms. The molecule has 2 heterocycles. The molecule has 6 heteroatoms. The molecule has 23 heavy (non-hydrogen) atoms. The first-order valence-electron chi connectivity index (χ1n) is 7.09. The average molecular weight is 305 g/mol. The summed E-state index contributed by atoms with van der Waals surface area (Å²) in [6, 6.07) is 13.0. The third-order valence-electron chi connectivity index (χ3n) is 3.07. The molecule has 0 aliphatic carbocycles. The Hall–Kier alpha value is -3.28. The van der Waals surface area contributed by atoms with Crippen LogP contribution in [0.25, 0.3) is 11.3 Å². The number of carbonyl (C=O) groups is 1. The fourth-order valence-electron chi connectivity index (χ4n) is 2.11. The summed E-state index contributed by atoms with van der Waals surface area (Å²) in [6.07, 6.45) is 5.14. The second-order valence-electron chi connectivity index (χ2n) is 4.89. The summed E-state index contributed by atoms with van der Waals surface area (Å²) in [5.41, 5.74) is 3.29. The molecular formula is C17H15N5O. The maximum absolute atomic E-state index is 11.1. The van der Waals surface area contributed by atoms with Crippen LogP contribution in [0.5, 0.6) is 0 Å². The summed E-state index contributed by atoms with van der Waals surface area (Å²) in [6.45, 7) is 1.47. The molecule has 6 nitrogen and oxygen atoms in total. The van der Waals surface area contributed by atoms with Crippen LogP contribution in [0.2, 0.25) is 0 Å². The molecule has 2 N–H and O–H groups in total. The zero-order valence-electron chi connectivity index (χ0n) is 12.5. The van der Waals surface area contributed by atoms with Gasteiger partial charge in [0.1, 0.15) is 0 Å². The Morgan fingerprint density at radius 1 is 1.00 bits per heavy atom. The Kier molecular flexibility index (Phi) is 4.24. The first kappa shape index (κ1) is 14.6. The van der Waals surface area contributed by atoms with Crippen molar-refractivity contribution in [2.45, 2.75) is 6.92 Å². The van der Waals surface area contributed by atoms with E-state index in [4.69, 9.17) is 0 Å². The van der Waals surface area contributed by atoms with Crippen molar-refractivity contribution in [2.75, 3.05) is 10.6 Å². The van der Waals surface area contributed by atoms with E-state index in [0.29, 0.717) is 11.6 Å². The molecule has 1 amide bonds. The van der Waals surface area contributed by atoms with Crippen molar-refractivity contribution in [3.63, 3.8) is 0 Å².